The Morgan fingerprint density at radius 1 is 1.42 bits per heavy atom. The number of rotatable bonds is 5. The molecule has 0 saturated heterocycles. The molecule has 0 atom stereocenters. The van der Waals surface area contributed by atoms with Crippen molar-refractivity contribution in [2.75, 3.05) is 7.11 Å². The number of hydrogen-bond donors (Lipinski definition) is 0. The Hall–Kier alpha value is -0.790. The van der Waals surface area contributed by atoms with Gasteiger partial charge >= 0.3 is 5.97 Å². The lowest BCUT2D eigenvalue weighted by molar-refractivity contribution is -0.136. The van der Waals surface area contributed by atoms with Crippen LogP contribution >= 0.6 is 0 Å². The van der Waals surface area contributed by atoms with Gasteiger partial charge in [-0.1, -0.05) is 25.8 Å². The van der Waals surface area contributed by atoms with Crippen molar-refractivity contribution < 1.29 is 9.53 Å². The Kier molecular flexibility index (Phi) is 6.44. The van der Waals surface area contributed by atoms with Gasteiger partial charge in [-0.25, -0.2) is 4.79 Å². The van der Waals surface area contributed by atoms with Crippen molar-refractivity contribution in [3.05, 3.63) is 11.6 Å². The quantitative estimate of drug-likeness (QED) is 0.360. The van der Waals surface area contributed by atoms with Crippen molar-refractivity contribution in [3.8, 4) is 0 Å². The monoisotopic (exact) mass is 170 g/mol. The molecular weight excluding hydrogens is 152 g/mol. The van der Waals surface area contributed by atoms with Crippen LogP contribution < -0.4 is 0 Å². The lowest BCUT2D eigenvalue weighted by atomic mass is 10.1. The predicted octanol–water partition coefficient (Wildman–Crippen LogP) is 2.69. The molecule has 0 aliphatic carbocycles. The average Bonchev–Trinajstić information content (AvgIpc) is 2.10. The van der Waals surface area contributed by atoms with Crippen LogP contribution in [0.4, 0.5) is 0 Å². The smallest absolute Gasteiger partial charge is 0.333 e. The zero-order valence-electron chi connectivity index (χ0n) is 8.22. The van der Waals surface area contributed by atoms with E-state index in [9.17, 15) is 4.79 Å². The van der Waals surface area contributed by atoms with Crippen molar-refractivity contribution in [2.45, 2.75) is 39.5 Å². The first-order valence-electron chi connectivity index (χ1n) is 4.47. The third kappa shape index (κ3) is 4.94. The first-order valence-corrected chi connectivity index (χ1v) is 4.47. The standard InChI is InChI=1S/C10H18O2/c1-4-5-6-7-8-9(2)10(11)12-3/h8H,4-7H2,1-3H3/b9-8+. The normalized spacial score (nSPS) is 11.4. The molecule has 0 aromatic rings. The zero-order valence-corrected chi connectivity index (χ0v) is 8.22. The number of carbonyl (C=O) groups is 1. The van der Waals surface area contributed by atoms with Crippen molar-refractivity contribution >= 4 is 5.97 Å². The number of allylic oxidation sites excluding steroid dienone is 1. The topological polar surface area (TPSA) is 26.3 Å². The fraction of sp³-hybridized carbons (Fsp3) is 0.700. The van der Waals surface area contributed by atoms with Crippen LogP contribution in [0.5, 0.6) is 0 Å². The third-order valence-corrected chi connectivity index (χ3v) is 1.77. The summed E-state index contributed by atoms with van der Waals surface area (Å²) in [7, 11) is 1.41. The van der Waals surface area contributed by atoms with E-state index in [4.69, 9.17) is 0 Å². The molecular formula is C10H18O2. The number of ether oxygens (including phenoxy) is 1. The van der Waals surface area contributed by atoms with Gasteiger partial charge in [-0.3, -0.25) is 0 Å². The van der Waals surface area contributed by atoms with Crippen molar-refractivity contribution in [1.29, 1.82) is 0 Å². The lowest BCUT2D eigenvalue weighted by Crippen LogP contribution is -2.01. The minimum absolute atomic E-state index is 0.216. The van der Waals surface area contributed by atoms with Crippen molar-refractivity contribution in [3.63, 3.8) is 0 Å². The molecule has 0 aliphatic rings. The van der Waals surface area contributed by atoms with Crippen LogP contribution in [-0.4, -0.2) is 13.1 Å². The van der Waals surface area contributed by atoms with E-state index in [1.165, 1.54) is 20.0 Å². The summed E-state index contributed by atoms with van der Waals surface area (Å²) >= 11 is 0. The predicted molar refractivity (Wildman–Crippen MR) is 49.9 cm³/mol. The number of methoxy groups -OCH3 is 1. The molecule has 70 valence electrons. The highest BCUT2D eigenvalue weighted by atomic mass is 16.5. The van der Waals surface area contributed by atoms with Gasteiger partial charge in [-0.2, -0.15) is 0 Å². The van der Waals surface area contributed by atoms with Crippen LogP contribution in [0.2, 0.25) is 0 Å². The number of carbonyl (C=O) groups excluding carboxylic acids is 1. The van der Waals surface area contributed by atoms with Gasteiger partial charge in [0.2, 0.25) is 0 Å². The molecule has 12 heavy (non-hydrogen) atoms. The summed E-state index contributed by atoms with van der Waals surface area (Å²) in [5, 5.41) is 0. The molecule has 0 heterocycles. The summed E-state index contributed by atoms with van der Waals surface area (Å²) in [5.41, 5.74) is 0.716. The zero-order chi connectivity index (χ0) is 9.40. The summed E-state index contributed by atoms with van der Waals surface area (Å²) in [4.78, 5) is 10.9. The molecule has 2 nitrogen and oxygen atoms in total. The fourth-order valence-corrected chi connectivity index (χ4v) is 0.957. The summed E-state index contributed by atoms with van der Waals surface area (Å²) < 4.78 is 4.56. The molecule has 0 aromatic carbocycles. The van der Waals surface area contributed by atoms with E-state index in [-0.39, 0.29) is 5.97 Å². The molecule has 0 aromatic heterocycles. The number of unbranched alkanes of at least 4 members (excludes halogenated alkanes) is 3. The van der Waals surface area contributed by atoms with Crippen molar-refractivity contribution in [1.82, 2.24) is 0 Å². The summed E-state index contributed by atoms with van der Waals surface area (Å²) in [6, 6.07) is 0. The molecule has 0 unspecified atom stereocenters. The molecule has 0 aliphatic heterocycles. The maximum atomic E-state index is 10.9. The molecule has 2 heteroatoms. The van der Waals surface area contributed by atoms with E-state index >= 15 is 0 Å². The highest BCUT2D eigenvalue weighted by molar-refractivity contribution is 5.87. The summed E-state index contributed by atoms with van der Waals surface area (Å²) in [6.07, 6.45) is 6.52. The number of hydrogen-bond acceptors (Lipinski definition) is 2. The SMILES string of the molecule is CCCCC/C=C(\C)C(=O)OC. The Balaban J connectivity index is 3.61. The fourth-order valence-electron chi connectivity index (χ4n) is 0.957. The van der Waals surface area contributed by atoms with Gasteiger partial charge < -0.3 is 4.74 Å². The van der Waals surface area contributed by atoms with Gasteiger partial charge in [0, 0.05) is 5.57 Å². The van der Waals surface area contributed by atoms with Gasteiger partial charge in [0.05, 0.1) is 7.11 Å². The molecule has 0 saturated carbocycles. The molecule has 0 N–H and O–H groups in total. The Labute approximate surface area is 74.6 Å². The second kappa shape index (κ2) is 6.89. The highest BCUT2D eigenvalue weighted by Crippen LogP contribution is 2.03. The van der Waals surface area contributed by atoms with Crippen LogP contribution in [0.1, 0.15) is 39.5 Å². The van der Waals surface area contributed by atoms with Crippen molar-refractivity contribution in [2.24, 2.45) is 0 Å². The average molecular weight is 170 g/mol. The minimum atomic E-state index is -0.216. The Bertz CT molecular complexity index is 159. The second-order valence-corrected chi connectivity index (χ2v) is 2.87. The first kappa shape index (κ1) is 11.2. The Morgan fingerprint density at radius 2 is 2.08 bits per heavy atom. The number of esters is 1. The van der Waals surface area contributed by atoms with Crippen LogP contribution in [0, 0.1) is 0 Å². The maximum Gasteiger partial charge on any atom is 0.333 e. The highest BCUT2D eigenvalue weighted by Gasteiger charge is 2.00. The van der Waals surface area contributed by atoms with Gasteiger partial charge in [-0.05, 0) is 19.8 Å². The molecule has 0 fully saturated rings. The maximum absolute atomic E-state index is 10.9. The molecule has 0 rings (SSSR count). The van der Waals surface area contributed by atoms with E-state index in [1.54, 1.807) is 6.92 Å². The summed E-state index contributed by atoms with van der Waals surface area (Å²) in [6.45, 7) is 3.95. The van der Waals surface area contributed by atoms with Crippen LogP contribution in [0.15, 0.2) is 11.6 Å². The molecule has 0 amide bonds. The van der Waals surface area contributed by atoms with E-state index in [1.807, 2.05) is 6.08 Å². The third-order valence-electron chi connectivity index (χ3n) is 1.77. The molecule has 0 spiro atoms. The van der Waals surface area contributed by atoms with Crippen LogP contribution in [-0.2, 0) is 9.53 Å². The molecule has 0 bridgehead atoms. The van der Waals surface area contributed by atoms with Gasteiger partial charge in [0.1, 0.15) is 0 Å². The first-order chi connectivity index (χ1) is 5.72. The van der Waals surface area contributed by atoms with Gasteiger partial charge in [0.25, 0.3) is 0 Å². The Morgan fingerprint density at radius 3 is 2.58 bits per heavy atom. The van der Waals surface area contributed by atoms with Gasteiger partial charge in [0.15, 0.2) is 0 Å². The second-order valence-electron chi connectivity index (χ2n) is 2.87. The largest absolute Gasteiger partial charge is 0.466 e. The summed E-state index contributed by atoms with van der Waals surface area (Å²) in [5.74, 6) is -0.216. The minimum Gasteiger partial charge on any atom is -0.466 e. The van der Waals surface area contributed by atoms with Crippen LogP contribution in [0.25, 0.3) is 0 Å². The van der Waals surface area contributed by atoms with E-state index < -0.39 is 0 Å². The van der Waals surface area contributed by atoms with Gasteiger partial charge in [-0.15, -0.1) is 0 Å². The van der Waals surface area contributed by atoms with E-state index in [2.05, 4.69) is 11.7 Å². The van der Waals surface area contributed by atoms with Crippen LogP contribution in [0.3, 0.4) is 0 Å². The molecule has 0 radical (unpaired) electrons. The van der Waals surface area contributed by atoms with E-state index in [0.29, 0.717) is 5.57 Å². The van der Waals surface area contributed by atoms with E-state index in [0.717, 1.165) is 12.8 Å². The lowest BCUT2D eigenvalue weighted by Gasteiger charge is -1.98.